The molecular formula is C12H14FN3. The first-order valence-electron chi connectivity index (χ1n) is 5.29. The van der Waals surface area contributed by atoms with Crippen molar-refractivity contribution in [3.63, 3.8) is 0 Å². The highest BCUT2D eigenvalue weighted by atomic mass is 19.1. The minimum atomic E-state index is -0.209. The summed E-state index contributed by atoms with van der Waals surface area (Å²) in [4.78, 5) is 4.20. The number of nitrogens with zero attached hydrogens (tertiary/aromatic N) is 2. The molecule has 0 saturated carbocycles. The molecular weight excluding hydrogens is 205 g/mol. The van der Waals surface area contributed by atoms with E-state index < -0.39 is 0 Å². The maximum Gasteiger partial charge on any atom is 0.203 e. The second kappa shape index (κ2) is 4.79. The lowest BCUT2D eigenvalue weighted by Gasteiger charge is -2.07. The van der Waals surface area contributed by atoms with E-state index in [1.807, 2.05) is 10.8 Å². The van der Waals surface area contributed by atoms with Gasteiger partial charge in [0.2, 0.25) is 5.95 Å². The molecule has 0 atom stereocenters. The Bertz CT molecular complexity index is 448. The largest absolute Gasteiger partial charge is 0.352 e. The minimum absolute atomic E-state index is 0.209. The van der Waals surface area contributed by atoms with Crippen LogP contribution in [0.5, 0.6) is 0 Å². The molecule has 0 aliphatic rings. The lowest BCUT2D eigenvalue weighted by Crippen LogP contribution is -2.06. The Balaban J connectivity index is 1.99. The van der Waals surface area contributed by atoms with Crippen LogP contribution in [0, 0.1) is 5.82 Å². The minimum Gasteiger partial charge on any atom is -0.352 e. The Morgan fingerprint density at radius 2 is 2.06 bits per heavy atom. The molecule has 0 bridgehead atoms. The summed E-state index contributed by atoms with van der Waals surface area (Å²) in [5.74, 6) is 0.630. The Hall–Kier alpha value is -1.84. The van der Waals surface area contributed by atoms with Gasteiger partial charge in [0.05, 0.1) is 0 Å². The van der Waals surface area contributed by atoms with Crippen molar-refractivity contribution < 1.29 is 4.39 Å². The summed E-state index contributed by atoms with van der Waals surface area (Å²) >= 11 is 0. The molecule has 16 heavy (non-hydrogen) atoms. The van der Waals surface area contributed by atoms with Crippen molar-refractivity contribution >= 4 is 5.95 Å². The summed E-state index contributed by atoms with van der Waals surface area (Å²) < 4.78 is 14.7. The van der Waals surface area contributed by atoms with Crippen molar-refractivity contribution in [2.75, 3.05) is 5.32 Å². The van der Waals surface area contributed by atoms with Gasteiger partial charge in [0, 0.05) is 25.5 Å². The predicted molar refractivity (Wildman–Crippen MR) is 61.6 cm³/mol. The van der Waals surface area contributed by atoms with Crippen molar-refractivity contribution in [3.8, 4) is 0 Å². The highest BCUT2D eigenvalue weighted by Gasteiger charge is 2.00. The van der Waals surface area contributed by atoms with Crippen LogP contribution in [0.3, 0.4) is 0 Å². The van der Waals surface area contributed by atoms with Gasteiger partial charge in [0.15, 0.2) is 0 Å². The SMILES string of the molecule is CCn1ccnc1NCc1ccc(F)cc1. The van der Waals surface area contributed by atoms with Gasteiger partial charge in [0.25, 0.3) is 0 Å². The zero-order chi connectivity index (χ0) is 11.4. The van der Waals surface area contributed by atoms with E-state index in [1.165, 1.54) is 12.1 Å². The molecule has 0 fully saturated rings. The molecule has 0 aliphatic carbocycles. The van der Waals surface area contributed by atoms with E-state index in [4.69, 9.17) is 0 Å². The van der Waals surface area contributed by atoms with Crippen LogP contribution < -0.4 is 5.32 Å². The van der Waals surface area contributed by atoms with Crippen LogP contribution in [0.1, 0.15) is 12.5 Å². The van der Waals surface area contributed by atoms with E-state index in [0.717, 1.165) is 18.1 Å². The quantitative estimate of drug-likeness (QED) is 0.856. The van der Waals surface area contributed by atoms with Gasteiger partial charge >= 0.3 is 0 Å². The van der Waals surface area contributed by atoms with Crippen molar-refractivity contribution in [2.45, 2.75) is 20.0 Å². The number of hydrogen-bond acceptors (Lipinski definition) is 2. The third kappa shape index (κ3) is 2.39. The predicted octanol–water partition coefficient (Wildman–Crippen LogP) is 2.65. The van der Waals surface area contributed by atoms with Crippen LogP contribution in [0.2, 0.25) is 0 Å². The van der Waals surface area contributed by atoms with Crippen LogP contribution >= 0.6 is 0 Å². The van der Waals surface area contributed by atoms with E-state index in [1.54, 1.807) is 18.3 Å². The summed E-state index contributed by atoms with van der Waals surface area (Å²) in [7, 11) is 0. The van der Waals surface area contributed by atoms with E-state index in [-0.39, 0.29) is 5.82 Å². The second-order valence-corrected chi connectivity index (χ2v) is 3.52. The maximum atomic E-state index is 12.7. The van der Waals surface area contributed by atoms with Gasteiger partial charge in [0.1, 0.15) is 5.82 Å². The molecule has 0 saturated heterocycles. The Morgan fingerprint density at radius 3 is 2.75 bits per heavy atom. The number of aromatic nitrogens is 2. The van der Waals surface area contributed by atoms with Gasteiger partial charge in [-0.2, -0.15) is 0 Å². The first kappa shape index (κ1) is 10.7. The molecule has 3 nitrogen and oxygen atoms in total. The van der Waals surface area contributed by atoms with Gasteiger partial charge < -0.3 is 9.88 Å². The number of aryl methyl sites for hydroxylation is 1. The normalized spacial score (nSPS) is 10.4. The van der Waals surface area contributed by atoms with Crippen molar-refractivity contribution in [2.24, 2.45) is 0 Å². The monoisotopic (exact) mass is 219 g/mol. The summed E-state index contributed by atoms with van der Waals surface area (Å²) in [5.41, 5.74) is 1.03. The first-order chi connectivity index (χ1) is 7.79. The third-order valence-corrected chi connectivity index (χ3v) is 2.42. The molecule has 2 rings (SSSR count). The molecule has 2 aromatic rings. The molecule has 1 heterocycles. The van der Waals surface area contributed by atoms with Crippen LogP contribution in [0.15, 0.2) is 36.7 Å². The number of anilines is 1. The van der Waals surface area contributed by atoms with E-state index in [9.17, 15) is 4.39 Å². The number of rotatable bonds is 4. The first-order valence-corrected chi connectivity index (χ1v) is 5.29. The highest BCUT2D eigenvalue weighted by molar-refractivity contribution is 5.28. The van der Waals surface area contributed by atoms with Gasteiger partial charge in [-0.05, 0) is 24.6 Å². The van der Waals surface area contributed by atoms with Gasteiger partial charge in [-0.1, -0.05) is 12.1 Å². The van der Waals surface area contributed by atoms with Crippen LogP contribution in [-0.2, 0) is 13.1 Å². The van der Waals surface area contributed by atoms with Crippen molar-refractivity contribution in [1.29, 1.82) is 0 Å². The molecule has 1 aromatic carbocycles. The number of nitrogens with one attached hydrogen (secondary N) is 1. The molecule has 0 amide bonds. The smallest absolute Gasteiger partial charge is 0.203 e. The standard InChI is InChI=1S/C12H14FN3/c1-2-16-8-7-14-12(16)15-9-10-3-5-11(13)6-4-10/h3-8H,2,9H2,1H3,(H,14,15). The summed E-state index contributed by atoms with van der Waals surface area (Å²) in [5, 5.41) is 3.21. The number of benzene rings is 1. The van der Waals surface area contributed by atoms with Gasteiger partial charge in [-0.3, -0.25) is 0 Å². The summed E-state index contributed by atoms with van der Waals surface area (Å²) in [6.07, 6.45) is 3.68. The van der Waals surface area contributed by atoms with Crippen molar-refractivity contribution in [1.82, 2.24) is 9.55 Å². The molecule has 1 aromatic heterocycles. The second-order valence-electron chi connectivity index (χ2n) is 3.52. The zero-order valence-corrected chi connectivity index (χ0v) is 9.15. The summed E-state index contributed by atoms with van der Waals surface area (Å²) in [6, 6.07) is 6.45. The zero-order valence-electron chi connectivity index (χ0n) is 9.15. The lowest BCUT2D eigenvalue weighted by molar-refractivity contribution is 0.627. The molecule has 84 valence electrons. The van der Waals surface area contributed by atoms with Crippen LogP contribution in [-0.4, -0.2) is 9.55 Å². The summed E-state index contributed by atoms with van der Waals surface area (Å²) in [6.45, 7) is 3.59. The van der Waals surface area contributed by atoms with E-state index in [0.29, 0.717) is 6.54 Å². The molecule has 0 radical (unpaired) electrons. The van der Waals surface area contributed by atoms with Gasteiger partial charge in [-0.15, -0.1) is 0 Å². The van der Waals surface area contributed by atoms with Gasteiger partial charge in [-0.25, -0.2) is 9.37 Å². The highest BCUT2D eigenvalue weighted by Crippen LogP contribution is 2.08. The molecule has 0 spiro atoms. The average molecular weight is 219 g/mol. The Labute approximate surface area is 93.9 Å². The molecule has 0 aliphatic heterocycles. The Kier molecular flexibility index (Phi) is 3.19. The van der Waals surface area contributed by atoms with E-state index >= 15 is 0 Å². The fraction of sp³-hybridized carbons (Fsp3) is 0.250. The lowest BCUT2D eigenvalue weighted by atomic mass is 10.2. The molecule has 0 unspecified atom stereocenters. The topological polar surface area (TPSA) is 29.9 Å². The number of hydrogen-bond donors (Lipinski definition) is 1. The number of halogens is 1. The third-order valence-electron chi connectivity index (χ3n) is 2.42. The van der Waals surface area contributed by atoms with E-state index in [2.05, 4.69) is 17.2 Å². The fourth-order valence-electron chi connectivity index (χ4n) is 1.51. The Morgan fingerprint density at radius 1 is 1.31 bits per heavy atom. The molecule has 1 N–H and O–H groups in total. The fourth-order valence-corrected chi connectivity index (χ4v) is 1.51. The number of imidazole rings is 1. The van der Waals surface area contributed by atoms with Crippen molar-refractivity contribution in [3.05, 3.63) is 48.0 Å². The molecule has 4 heteroatoms. The average Bonchev–Trinajstić information content (AvgIpc) is 2.76. The maximum absolute atomic E-state index is 12.7. The van der Waals surface area contributed by atoms with Crippen LogP contribution in [0.25, 0.3) is 0 Å². The van der Waals surface area contributed by atoms with Crippen LogP contribution in [0.4, 0.5) is 10.3 Å².